The number of hydrogen-bond donors (Lipinski definition) is 2. The molecule has 74 valence electrons. The van der Waals surface area contributed by atoms with Crippen LogP contribution >= 0.6 is 0 Å². The normalized spacial score (nSPS) is 11.9. The first-order valence-electron chi connectivity index (χ1n) is 4.43. The van der Waals surface area contributed by atoms with Crippen molar-refractivity contribution in [1.29, 1.82) is 0 Å². The molecule has 0 spiro atoms. The Morgan fingerprint density at radius 3 is 2.62 bits per heavy atom. The molecule has 1 aromatic rings. The van der Waals surface area contributed by atoms with Crippen LogP contribution in [0.5, 0.6) is 0 Å². The first-order valence-corrected chi connectivity index (χ1v) is 4.43. The number of nitrogens with zero attached hydrogens (tertiary/aromatic N) is 2. The fourth-order valence-corrected chi connectivity index (χ4v) is 1.17. The van der Waals surface area contributed by atoms with Gasteiger partial charge in [-0.1, -0.05) is 13.8 Å². The van der Waals surface area contributed by atoms with Crippen molar-refractivity contribution in [2.24, 2.45) is 0 Å². The Bertz CT molecular complexity index is 311. The van der Waals surface area contributed by atoms with Gasteiger partial charge >= 0.3 is 5.69 Å². The van der Waals surface area contributed by atoms with Gasteiger partial charge in [-0.2, -0.15) is 5.10 Å². The van der Waals surface area contributed by atoms with E-state index in [1.165, 1.54) is 10.9 Å². The third-order valence-corrected chi connectivity index (χ3v) is 2.40. The molecule has 0 aromatic carbocycles. The van der Waals surface area contributed by atoms with Crippen molar-refractivity contribution >= 4 is 0 Å². The van der Waals surface area contributed by atoms with Crippen LogP contribution in [0.2, 0.25) is 0 Å². The predicted octanol–water partition coefficient (Wildman–Crippen LogP) is 0.122. The van der Waals surface area contributed by atoms with E-state index in [1.54, 1.807) is 0 Å². The van der Waals surface area contributed by atoms with Crippen LogP contribution < -0.4 is 5.69 Å². The van der Waals surface area contributed by atoms with Crippen molar-refractivity contribution in [1.82, 2.24) is 14.8 Å². The van der Waals surface area contributed by atoms with Crippen LogP contribution in [0.15, 0.2) is 11.1 Å². The van der Waals surface area contributed by atoms with Gasteiger partial charge in [0.15, 0.2) is 0 Å². The molecule has 0 aliphatic heterocycles. The highest BCUT2D eigenvalue weighted by Gasteiger charge is 2.23. The van der Waals surface area contributed by atoms with Gasteiger partial charge in [0.25, 0.3) is 0 Å². The average Bonchev–Trinajstić information content (AvgIpc) is 2.52. The van der Waals surface area contributed by atoms with E-state index in [-0.39, 0.29) is 5.69 Å². The summed E-state index contributed by atoms with van der Waals surface area (Å²) < 4.78 is 1.38. The lowest BCUT2D eigenvalue weighted by Gasteiger charge is -2.24. The lowest BCUT2D eigenvalue weighted by Crippen LogP contribution is -2.35. The summed E-state index contributed by atoms with van der Waals surface area (Å²) in [6.07, 6.45) is 2.65. The van der Waals surface area contributed by atoms with Gasteiger partial charge in [0, 0.05) is 0 Å². The molecule has 2 N–H and O–H groups in total. The van der Waals surface area contributed by atoms with Gasteiger partial charge in [-0.05, 0) is 12.8 Å². The summed E-state index contributed by atoms with van der Waals surface area (Å²) in [6.45, 7) is 4.10. The summed E-state index contributed by atoms with van der Waals surface area (Å²) in [5.41, 5.74) is -1.08. The zero-order valence-electron chi connectivity index (χ0n) is 7.95. The number of nitrogens with one attached hydrogen (secondary N) is 1. The number of hydrogen-bond acceptors (Lipinski definition) is 3. The minimum atomic E-state index is -0.798. The van der Waals surface area contributed by atoms with Gasteiger partial charge in [-0.15, -0.1) is 0 Å². The third kappa shape index (κ3) is 2.18. The van der Waals surface area contributed by atoms with Gasteiger partial charge < -0.3 is 5.11 Å². The van der Waals surface area contributed by atoms with Crippen molar-refractivity contribution in [2.45, 2.75) is 38.8 Å². The molecule has 0 radical (unpaired) electrons. The monoisotopic (exact) mass is 185 g/mol. The molecule has 5 nitrogen and oxygen atoms in total. The maximum absolute atomic E-state index is 11.1. The molecule has 0 aliphatic carbocycles. The summed E-state index contributed by atoms with van der Waals surface area (Å²) in [6, 6.07) is 0. The van der Waals surface area contributed by atoms with E-state index in [2.05, 4.69) is 10.2 Å². The van der Waals surface area contributed by atoms with Crippen LogP contribution in [0.25, 0.3) is 0 Å². The van der Waals surface area contributed by atoms with Crippen molar-refractivity contribution in [3.05, 3.63) is 16.8 Å². The SMILES string of the molecule is CCC(O)(CC)Cn1cn[nH]c1=O. The highest BCUT2D eigenvalue weighted by Crippen LogP contribution is 2.15. The molecule has 13 heavy (non-hydrogen) atoms. The summed E-state index contributed by atoms with van der Waals surface area (Å²) in [4.78, 5) is 11.1. The second-order valence-corrected chi connectivity index (χ2v) is 3.22. The van der Waals surface area contributed by atoms with E-state index in [0.29, 0.717) is 19.4 Å². The van der Waals surface area contributed by atoms with Crippen molar-refractivity contribution < 1.29 is 5.11 Å². The van der Waals surface area contributed by atoms with Gasteiger partial charge in [0.2, 0.25) is 0 Å². The van der Waals surface area contributed by atoms with Crippen molar-refractivity contribution in [2.75, 3.05) is 0 Å². The minimum Gasteiger partial charge on any atom is -0.388 e. The summed E-state index contributed by atoms with van der Waals surface area (Å²) in [7, 11) is 0. The molecule has 0 amide bonds. The van der Waals surface area contributed by atoms with Crippen LogP contribution in [-0.2, 0) is 6.54 Å². The zero-order chi connectivity index (χ0) is 9.90. The number of aromatic amines is 1. The topological polar surface area (TPSA) is 70.9 Å². The smallest absolute Gasteiger partial charge is 0.343 e. The van der Waals surface area contributed by atoms with E-state index in [4.69, 9.17) is 0 Å². The molecule has 0 aliphatic rings. The number of aliphatic hydroxyl groups is 1. The average molecular weight is 185 g/mol. The van der Waals surface area contributed by atoms with Crippen LogP contribution in [-0.4, -0.2) is 25.5 Å². The fourth-order valence-electron chi connectivity index (χ4n) is 1.17. The van der Waals surface area contributed by atoms with Gasteiger partial charge in [-0.25, -0.2) is 9.89 Å². The summed E-state index contributed by atoms with van der Waals surface area (Å²) in [5.74, 6) is 0. The predicted molar refractivity (Wildman–Crippen MR) is 48.4 cm³/mol. The molecule has 0 saturated carbocycles. The lowest BCUT2D eigenvalue weighted by atomic mass is 9.98. The highest BCUT2D eigenvalue weighted by atomic mass is 16.3. The largest absolute Gasteiger partial charge is 0.388 e. The quantitative estimate of drug-likeness (QED) is 0.700. The number of aromatic nitrogens is 3. The number of H-pyrrole nitrogens is 1. The Hall–Kier alpha value is -1.10. The van der Waals surface area contributed by atoms with Crippen molar-refractivity contribution in [3.63, 3.8) is 0 Å². The molecule has 1 heterocycles. The minimum absolute atomic E-state index is 0.277. The second kappa shape index (κ2) is 3.74. The summed E-state index contributed by atoms with van der Waals surface area (Å²) in [5, 5.41) is 15.8. The molecular weight excluding hydrogens is 170 g/mol. The number of rotatable bonds is 4. The highest BCUT2D eigenvalue weighted by molar-refractivity contribution is 4.77. The molecule has 5 heteroatoms. The van der Waals surface area contributed by atoms with E-state index in [0.717, 1.165) is 0 Å². The molecule has 0 saturated heterocycles. The Morgan fingerprint density at radius 2 is 2.23 bits per heavy atom. The molecule has 0 fully saturated rings. The first kappa shape index (κ1) is 9.98. The molecule has 0 atom stereocenters. The van der Waals surface area contributed by atoms with Crippen LogP contribution in [0, 0.1) is 0 Å². The third-order valence-electron chi connectivity index (χ3n) is 2.40. The standard InChI is InChI=1S/C8H15N3O2/c1-3-8(13,4-2)5-11-6-9-10-7(11)12/h6,13H,3-5H2,1-2H3,(H,10,12). The van der Waals surface area contributed by atoms with Gasteiger partial charge in [0.1, 0.15) is 6.33 Å². The lowest BCUT2D eigenvalue weighted by molar-refractivity contribution is 0.0142. The van der Waals surface area contributed by atoms with Gasteiger partial charge in [0.05, 0.1) is 12.1 Å². The molecular formula is C8H15N3O2. The van der Waals surface area contributed by atoms with Crippen LogP contribution in [0.4, 0.5) is 0 Å². The van der Waals surface area contributed by atoms with E-state index in [1.807, 2.05) is 13.8 Å². The maximum atomic E-state index is 11.1. The molecule has 0 unspecified atom stereocenters. The van der Waals surface area contributed by atoms with Crippen molar-refractivity contribution in [3.8, 4) is 0 Å². The Labute approximate surface area is 76.4 Å². The maximum Gasteiger partial charge on any atom is 0.343 e. The molecule has 1 rings (SSSR count). The van der Waals surface area contributed by atoms with E-state index >= 15 is 0 Å². The van der Waals surface area contributed by atoms with E-state index < -0.39 is 5.60 Å². The molecule has 0 bridgehead atoms. The van der Waals surface area contributed by atoms with Gasteiger partial charge in [-0.3, -0.25) is 4.57 Å². The Balaban J connectivity index is 2.79. The Kier molecular flexibility index (Phi) is 2.87. The first-order chi connectivity index (χ1) is 6.11. The fraction of sp³-hybridized carbons (Fsp3) is 0.750. The molecule has 1 aromatic heterocycles. The van der Waals surface area contributed by atoms with E-state index in [9.17, 15) is 9.90 Å². The van der Waals surface area contributed by atoms with Crippen LogP contribution in [0.3, 0.4) is 0 Å². The second-order valence-electron chi connectivity index (χ2n) is 3.22. The summed E-state index contributed by atoms with van der Waals surface area (Å²) >= 11 is 0. The zero-order valence-corrected chi connectivity index (χ0v) is 7.95. The Morgan fingerprint density at radius 1 is 1.62 bits per heavy atom. The van der Waals surface area contributed by atoms with Crippen LogP contribution in [0.1, 0.15) is 26.7 Å².